The van der Waals surface area contributed by atoms with E-state index in [1.54, 1.807) is 0 Å². The van der Waals surface area contributed by atoms with Gasteiger partial charge in [0.05, 0.1) is 23.4 Å². The first-order valence-corrected chi connectivity index (χ1v) is 10.4. The minimum atomic E-state index is -5.26. The molecule has 2 aromatic carbocycles. The molecule has 3 atom stereocenters. The number of rotatable bonds is 2. The van der Waals surface area contributed by atoms with Gasteiger partial charge in [-0.2, -0.15) is 26.3 Å². The van der Waals surface area contributed by atoms with Crippen molar-refractivity contribution < 1.29 is 55.3 Å². The van der Waals surface area contributed by atoms with Crippen LogP contribution in [-0.4, -0.2) is 53.4 Å². The Hall–Kier alpha value is -3.10. The second kappa shape index (κ2) is 8.78. The number of halogens is 8. The number of ether oxygens (including phenoxy) is 1. The summed E-state index contributed by atoms with van der Waals surface area (Å²) in [6.45, 7) is -0.505. The summed E-state index contributed by atoms with van der Waals surface area (Å²) in [4.78, 5) is 27.2. The zero-order valence-corrected chi connectivity index (χ0v) is 18.3. The van der Waals surface area contributed by atoms with E-state index in [-0.39, 0.29) is 47.7 Å². The van der Waals surface area contributed by atoms with Crippen LogP contribution in [0.25, 0.3) is 0 Å². The molecule has 1 saturated heterocycles. The zero-order valence-electron chi connectivity index (χ0n) is 17.6. The predicted molar refractivity (Wildman–Crippen MR) is 109 cm³/mol. The summed E-state index contributed by atoms with van der Waals surface area (Å²) in [5, 5.41) is 20.0. The molecular formula is C21H14ClF7N2O5. The lowest BCUT2D eigenvalue weighted by Gasteiger charge is -2.35. The lowest BCUT2D eigenvalue weighted by Crippen LogP contribution is -2.53. The number of aliphatic hydroxyl groups excluding tert-OH is 2. The number of benzene rings is 2. The topological polar surface area (TPSA) is 90.3 Å². The first-order chi connectivity index (χ1) is 16.6. The number of amides is 2. The van der Waals surface area contributed by atoms with Gasteiger partial charge in [-0.3, -0.25) is 14.5 Å². The molecule has 2 aliphatic heterocycles. The fraction of sp³-hybridized carbons (Fsp3) is 0.333. The van der Waals surface area contributed by atoms with Gasteiger partial charge in [0.1, 0.15) is 29.6 Å². The van der Waals surface area contributed by atoms with Gasteiger partial charge in [-0.05, 0) is 30.3 Å². The van der Waals surface area contributed by atoms with Crippen molar-refractivity contribution >= 4 is 34.8 Å². The molecule has 0 saturated carbocycles. The Morgan fingerprint density at radius 3 is 2.17 bits per heavy atom. The third-order valence-corrected chi connectivity index (χ3v) is 6.02. The molecule has 15 heteroatoms. The van der Waals surface area contributed by atoms with Crippen LogP contribution in [0.3, 0.4) is 0 Å². The van der Waals surface area contributed by atoms with Crippen LogP contribution in [0.1, 0.15) is 11.1 Å². The van der Waals surface area contributed by atoms with Gasteiger partial charge in [0.2, 0.25) is 0 Å². The lowest BCUT2D eigenvalue weighted by atomic mass is 10.0. The van der Waals surface area contributed by atoms with Crippen LogP contribution in [0.15, 0.2) is 30.3 Å². The van der Waals surface area contributed by atoms with E-state index in [1.165, 1.54) is 0 Å². The Morgan fingerprint density at radius 1 is 1.03 bits per heavy atom. The molecule has 2 aliphatic rings. The second-order valence-electron chi connectivity index (χ2n) is 7.90. The highest BCUT2D eigenvalue weighted by atomic mass is 35.5. The quantitative estimate of drug-likeness (QED) is 0.568. The fourth-order valence-corrected chi connectivity index (χ4v) is 4.21. The van der Waals surface area contributed by atoms with E-state index in [4.69, 9.17) is 16.3 Å². The molecule has 2 heterocycles. The smallest absolute Gasteiger partial charge is 0.416 e. The van der Waals surface area contributed by atoms with E-state index < -0.39 is 70.1 Å². The van der Waals surface area contributed by atoms with Gasteiger partial charge in [-0.15, -0.1) is 0 Å². The van der Waals surface area contributed by atoms with Crippen molar-refractivity contribution in [2.24, 2.45) is 0 Å². The van der Waals surface area contributed by atoms with E-state index in [9.17, 15) is 50.5 Å². The summed E-state index contributed by atoms with van der Waals surface area (Å²) in [6, 6.07) is 0.0230. The molecule has 0 unspecified atom stereocenters. The number of alkyl halides is 6. The molecule has 0 radical (unpaired) electrons. The molecule has 0 spiro atoms. The maximum atomic E-state index is 13.8. The highest BCUT2D eigenvalue weighted by Gasteiger charge is 2.53. The van der Waals surface area contributed by atoms with Crippen molar-refractivity contribution in [1.82, 2.24) is 0 Å². The van der Waals surface area contributed by atoms with Crippen molar-refractivity contribution in [3.8, 4) is 5.75 Å². The van der Waals surface area contributed by atoms with Gasteiger partial charge in [0, 0.05) is 5.69 Å². The average molecular weight is 543 g/mol. The summed E-state index contributed by atoms with van der Waals surface area (Å²) in [6.07, 6.45) is -15.1. The average Bonchev–Trinajstić information content (AvgIpc) is 3.03. The van der Waals surface area contributed by atoms with Gasteiger partial charge in [-0.25, -0.2) is 4.39 Å². The summed E-state index contributed by atoms with van der Waals surface area (Å²) >= 11 is 5.86. The SMILES string of the molecule is O=C([C@@H]1[C@H](O)[C@H](O)C(=O)N1c1cc(C(F)(F)F)cc(C(F)(F)F)c1)N1CCOc2c1ccc(F)c2Cl. The van der Waals surface area contributed by atoms with Crippen LogP contribution in [0.2, 0.25) is 5.02 Å². The van der Waals surface area contributed by atoms with Crippen molar-refractivity contribution in [3.05, 3.63) is 52.3 Å². The molecule has 4 rings (SSSR count). The lowest BCUT2D eigenvalue weighted by molar-refractivity contribution is -0.143. The minimum absolute atomic E-state index is 0.126. The van der Waals surface area contributed by atoms with Crippen LogP contribution < -0.4 is 14.5 Å². The van der Waals surface area contributed by atoms with Crippen LogP contribution in [0, 0.1) is 5.82 Å². The molecule has 0 aliphatic carbocycles. The van der Waals surface area contributed by atoms with Gasteiger partial charge in [0.15, 0.2) is 11.9 Å². The standard InChI is InChI=1S/C21H14ClF7N2O5/c22-13-11(23)1-2-12-17(13)36-4-3-30(12)18(34)14-15(32)16(33)19(35)31(14)10-6-8(20(24,25)26)5-9(7-10)21(27,28)29/h1-2,5-7,14-16,32-33H,3-4H2/t14-,15-,16-/m0/s1. The molecule has 1 fully saturated rings. The molecule has 0 bridgehead atoms. The number of nitrogens with zero attached hydrogens (tertiary/aromatic N) is 2. The summed E-state index contributed by atoms with van der Waals surface area (Å²) < 4.78 is 99.2. The maximum Gasteiger partial charge on any atom is 0.416 e. The normalized spacial score (nSPS) is 22.5. The third kappa shape index (κ3) is 4.33. The predicted octanol–water partition coefficient (Wildman–Crippen LogP) is 3.38. The first kappa shape index (κ1) is 26.0. The zero-order chi connectivity index (χ0) is 26.7. The van der Waals surface area contributed by atoms with Crippen LogP contribution in [0.4, 0.5) is 42.1 Å². The summed E-state index contributed by atoms with van der Waals surface area (Å²) in [5.41, 5.74) is -4.71. The monoisotopic (exact) mass is 542 g/mol. The summed E-state index contributed by atoms with van der Waals surface area (Å²) in [5.74, 6) is -3.87. The molecule has 194 valence electrons. The van der Waals surface area contributed by atoms with Crippen LogP contribution in [-0.2, 0) is 21.9 Å². The molecule has 7 nitrogen and oxygen atoms in total. The molecule has 36 heavy (non-hydrogen) atoms. The molecule has 0 aromatic heterocycles. The number of carbonyl (C=O) groups is 2. The van der Waals surface area contributed by atoms with E-state index in [0.29, 0.717) is 0 Å². The molecule has 2 aromatic rings. The van der Waals surface area contributed by atoms with E-state index in [1.807, 2.05) is 0 Å². The van der Waals surface area contributed by atoms with Crippen molar-refractivity contribution in [2.75, 3.05) is 23.0 Å². The van der Waals surface area contributed by atoms with Gasteiger partial charge < -0.3 is 19.8 Å². The molecule has 2 amide bonds. The largest absolute Gasteiger partial charge is 0.488 e. The Balaban J connectivity index is 1.84. The van der Waals surface area contributed by atoms with Crippen LogP contribution >= 0.6 is 11.6 Å². The fourth-order valence-electron chi connectivity index (χ4n) is 3.99. The third-order valence-electron chi connectivity index (χ3n) is 5.67. The van der Waals surface area contributed by atoms with Crippen molar-refractivity contribution in [3.63, 3.8) is 0 Å². The number of anilines is 2. The number of carbonyl (C=O) groups excluding carboxylic acids is 2. The first-order valence-electron chi connectivity index (χ1n) is 10.0. The number of hydrogen-bond donors (Lipinski definition) is 2. The highest BCUT2D eigenvalue weighted by molar-refractivity contribution is 6.33. The van der Waals surface area contributed by atoms with Gasteiger partial charge >= 0.3 is 12.4 Å². The van der Waals surface area contributed by atoms with E-state index >= 15 is 0 Å². The number of aliphatic hydroxyl groups is 2. The van der Waals surface area contributed by atoms with Gasteiger partial charge in [-0.1, -0.05) is 11.6 Å². The highest BCUT2D eigenvalue weighted by Crippen LogP contribution is 2.43. The number of fused-ring (bicyclic) bond motifs is 1. The maximum absolute atomic E-state index is 13.8. The number of hydrogen-bond acceptors (Lipinski definition) is 5. The van der Waals surface area contributed by atoms with E-state index in [2.05, 4.69) is 0 Å². The Bertz CT molecular complexity index is 1200. The Kier molecular flexibility index (Phi) is 6.34. The minimum Gasteiger partial charge on any atom is -0.488 e. The summed E-state index contributed by atoms with van der Waals surface area (Å²) in [7, 11) is 0. The van der Waals surface area contributed by atoms with Crippen molar-refractivity contribution in [2.45, 2.75) is 30.6 Å². The molecule has 2 N–H and O–H groups in total. The second-order valence-corrected chi connectivity index (χ2v) is 8.28. The van der Waals surface area contributed by atoms with Gasteiger partial charge in [0.25, 0.3) is 11.8 Å². The Labute approximate surface area is 202 Å². The molecular weight excluding hydrogens is 529 g/mol. The Morgan fingerprint density at radius 2 is 1.61 bits per heavy atom. The van der Waals surface area contributed by atoms with E-state index in [0.717, 1.165) is 17.0 Å². The van der Waals surface area contributed by atoms with Crippen LogP contribution in [0.5, 0.6) is 5.75 Å². The van der Waals surface area contributed by atoms with Crippen molar-refractivity contribution in [1.29, 1.82) is 0 Å².